The third-order valence-electron chi connectivity index (χ3n) is 9.04. The highest BCUT2D eigenvalue weighted by molar-refractivity contribution is 5.86. The van der Waals surface area contributed by atoms with Gasteiger partial charge in [-0.05, 0) is 68.1 Å². The average Bonchev–Trinajstić information content (AvgIpc) is 3.19. The number of allylic oxidation sites excluding steroid dienone is 2. The summed E-state index contributed by atoms with van der Waals surface area (Å²) in [5, 5.41) is 15.5. The fourth-order valence-electron chi connectivity index (χ4n) is 6.05. The molecule has 10 heteroatoms. The van der Waals surface area contributed by atoms with Gasteiger partial charge in [0.15, 0.2) is 0 Å². The van der Waals surface area contributed by atoms with Crippen LogP contribution in [0.25, 0.3) is 0 Å². The van der Waals surface area contributed by atoms with Gasteiger partial charge in [0.05, 0.1) is 24.5 Å². The Kier molecular flexibility index (Phi) is 20.6. The first kappa shape index (κ1) is 43.2. The molecule has 3 atom stereocenters. The number of carbonyl (C=O) groups excluding carboxylic acids is 4. The van der Waals surface area contributed by atoms with Gasteiger partial charge in [-0.15, -0.1) is 13.2 Å². The zero-order chi connectivity index (χ0) is 38.8. The van der Waals surface area contributed by atoms with E-state index in [1.165, 1.54) is 0 Å². The topological polar surface area (TPSA) is 134 Å². The Hall–Kier alpha value is -5.22. The fraction of sp³-hybridized carbons (Fsp3) is 0.409. The third-order valence-corrected chi connectivity index (χ3v) is 9.04. The Balaban J connectivity index is 1.64. The Morgan fingerprint density at radius 2 is 1.41 bits per heavy atom. The highest BCUT2D eigenvalue weighted by atomic mass is 16.5. The molecule has 3 aromatic rings. The van der Waals surface area contributed by atoms with Crippen molar-refractivity contribution in [2.45, 2.75) is 77.0 Å². The summed E-state index contributed by atoms with van der Waals surface area (Å²) in [4.78, 5) is 54.5. The first-order valence-electron chi connectivity index (χ1n) is 18.9. The Morgan fingerprint density at radius 1 is 0.759 bits per heavy atom. The molecule has 0 saturated carbocycles. The number of aliphatic hydroxyl groups excluding tert-OH is 1. The monoisotopic (exact) mass is 739 g/mol. The second-order valence-corrected chi connectivity index (χ2v) is 13.4. The number of benzene rings is 3. The van der Waals surface area contributed by atoms with E-state index in [0.717, 1.165) is 29.5 Å². The lowest BCUT2D eigenvalue weighted by molar-refractivity contribution is -0.150. The van der Waals surface area contributed by atoms with Gasteiger partial charge in [0, 0.05) is 26.1 Å². The summed E-state index contributed by atoms with van der Waals surface area (Å²) in [7, 11) is 0. The average molecular weight is 740 g/mol. The molecule has 290 valence electrons. The lowest BCUT2D eigenvalue weighted by Crippen LogP contribution is -2.44. The second-order valence-electron chi connectivity index (χ2n) is 13.4. The Morgan fingerprint density at radius 3 is 2.04 bits per heavy atom. The lowest BCUT2D eigenvalue weighted by atomic mass is 9.94. The van der Waals surface area contributed by atoms with Crippen molar-refractivity contribution in [2.24, 2.45) is 11.8 Å². The molecule has 54 heavy (non-hydrogen) atoms. The molecule has 10 nitrogen and oxygen atoms in total. The number of hydrogen-bond donors (Lipinski definition) is 3. The molecule has 3 rings (SSSR count). The third kappa shape index (κ3) is 17.1. The van der Waals surface area contributed by atoms with E-state index in [4.69, 9.17) is 9.47 Å². The summed E-state index contributed by atoms with van der Waals surface area (Å²) in [6, 6.07) is 28.2. The molecule has 3 unspecified atom stereocenters. The highest BCUT2D eigenvalue weighted by Crippen LogP contribution is 2.19. The fourth-order valence-corrected chi connectivity index (χ4v) is 6.05. The van der Waals surface area contributed by atoms with E-state index in [0.29, 0.717) is 45.2 Å². The molecule has 0 spiro atoms. The van der Waals surface area contributed by atoms with Crippen LogP contribution in [-0.4, -0.2) is 66.2 Å². The van der Waals surface area contributed by atoms with Gasteiger partial charge >= 0.3 is 12.1 Å². The summed E-state index contributed by atoms with van der Waals surface area (Å²) in [6.07, 6.45) is 7.57. The summed E-state index contributed by atoms with van der Waals surface area (Å²) < 4.78 is 11.2. The first-order valence-corrected chi connectivity index (χ1v) is 18.9. The van der Waals surface area contributed by atoms with Crippen LogP contribution in [0.3, 0.4) is 0 Å². The zero-order valence-electron chi connectivity index (χ0n) is 31.4. The number of alkyl carbamates (subject to hydrolysis) is 1. The Labute approximate surface area is 320 Å². The van der Waals surface area contributed by atoms with Crippen LogP contribution in [0.4, 0.5) is 4.79 Å². The molecule has 3 amide bonds. The van der Waals surface area contributed by atoms with Gasteiger partial charge in [0.25, 0.3) is 0 Å². The van der Waals surface area contributed by atoms with Gasteiger partial charge in [-0.2, -0.15) is 0 Å². The molecule has 0 aliphatic carbocycles. The van der Waals surface area contributed by atoms with Crippen molar-refractivity contribution in [1.29, 1.82) is 0 Å². The number of rotatable bonds is 26. The largest absolute Gasteiger partial charge is 0.463 e. The number of nitrogens with zero attached hydrogens (tertiary/aromatic N) is 1. The number of amides is 3. The van der Waals surface area contributed by atoms with Crippen molar-refractivity contribution in [3.63, 3.8) is 0 Å². The van der Waals surface area contributed by atoms with E-state index in [1.54, 1.807) is 11.0 Å². The smallest absolute Gasteiger partial charge is 0.407 e. The van der Waals surface area contributed by atoms with Crippen LogP contribution in [0.1, 0.15) is 68.1 Å². The summed E-state index contributed by atoms with van der Waals surface area (Å²) in [5.74, 6) is -2.00. The van der Waals surface area contributed by atoms with Crippen molar-refractivity contribution in [1.82, 2.24) is 15.5 Å². The minimum absolute atomic E-state index is 0.0384. The lowest BCUT2D eigenvalue weighted by Gasteiger charge is -2.26. The van der Waals surface area contributed by atoms with E-state index in [9.17, 15) is 24.3 Å². The SMILES string of the molecule is C=CCCCC(Cc1ccccc1)C(=O)OCC(CCCCNC(=O)OCc1ccccc1)NC(=O)C(CC=C)CC(=O)N(CCO)Cc1ccccc1. The van der Waals surface area contributed by atoms with Gasteiger partial charge < -0.3 is 30.1 Å². The number of nitrogens with one attached hydrogen (secondary N) is 2. The predicted molar refractivity (Wildman–Crippen MR) is 211 cm³/mol. The van der Waals surface area contributed by atoms with E-state index >= 15 is 0 Å². The first-order chi connectivity index (χ1) is 26.3. The van der Waals surface area contributed by atoms with Crippen LogP contribution in [-0.2, 0) is 43.4 Å². The van der Waals surface area contributed by atoms with Crippen LogP contribution < -0.4 is 10.6 Å². The molecular weight excluding hydrogens is 682 g/mol. The second kappa shape index (κ2) is 25.7. The number of esters is 1. The van der Waals surface area contributed by atoms with Gasteiger partial charge in [-0.25, -0.2) is 4.79 Å². The number of unbranched alkanes of at least 4 members (excludes halogenated alkanes) is 2. The zero-order valence-corrected chi connectivity index (χ0v) is 31.4. The van der Waals surface area contributed by atoms with E-state index in [2.05, 4.69) is 23.8 Å². The molecule has 0 heterocycles. The summed E-state index contributed by atoms with van der Waals surface area (Å²) in [5.41, 5.74) is 2.85. The van der Waals surface area contributed by atoms with Crippen LogP contribution in [0.15, 0.2) is 116 Å². The van der Waals surface area contributed by atoms with Crippen molar-refractivity contribution in [3.8, 4) is 0 Å². The molecule has 3 N–H and O–H groups in total. The Bertz CT molecular complexity index is 1550. The summed E-state index contributed by atoms with van der Waals surface area (Å²) in [6.45, 7) is 8.36. The molecule has 0 aromatic heterocycles. The molecule has 0 aliphatic rings. The van der Waals surface area contributed by atoms with Crippen molar-refractivity contribution < 1.29 is 33.8 Å². The number of ether oxygens (including phenoxy) is 2. The van der Waals surface area contributed by atoms with Crippen molar-refractivity contribution in [2.75, 3.05) is 26.3 Å². The van der Waals surface area contributed by atoms with Gasteiger partial charge in [-0.3, -0.25) is 14.4 Å². The number of hydrogen-bond acceptors (Lipinski definition) is 7. The highest BCUT2D eigenvalue weighted by Gasteiger charge is 2.27. The maximum absolute atomic E-state index is 13.8. The maximum Gasteiger partial charge on any atom is 0.407 e. The van der Waals surface area contributed by atoms with E-state index in [-0.39, 0.29) is 62.9 Å². The minimum atomic E-state index is -0.712. The van der Waals surface area contributed by atoms with E-state index in [1.807, 2.05) is 97.1 Å². The van der Waals surface area contributed by atoms with Crippen molar-refractivity contribution >= 4 is 23.9 Å². The van der Waals surface area contributed by atoms with E-state index < -0.39 is 18.1 Å². The standard InChI is InChI=1S/C44H57N3O7/c1-3-5-9-25-39(30-35-19-10-6-11-20-35)43(51)53-34-40(26-16-17-27-45-44(52)54-33-37-23-14-8-15-24-37)46-42(50)38(18-4-2)31-41(49)47(28-29-48)32-36-21-12-7-13-22-36/h3-4,6-8,10-15,19-24,38-40,48H,1-2,5,9,16-18,25-34H2,(H,45,52)(H,46,50). The normalized spacial score (nSPS) is 12.4. The molecule has 3 aromatic carbocycles. The van der Waals surface area contributed by atoms with Gasteiger partial charge in [-0.1, -0.05) is 103 Å². The van der Waals surface area contributed by atoms with Crippen LogP contribution >= 0.6 is 0 Å². The van der Waals surface area contributed by atoms with Crippen LogP contribution in [0.2, 0.25) is 0 Å². The molecule has 0 saturated heterocycles. The summed E-state index contributed by atoms with van der Waals surface area (Å²) >= 11 is 0. The van der Waals surface area contributed by atoms with Gasteiger partial charge in [0.1, 0.15) is 13.2 Å². The van der Waals surface area contributed by atoms with Crippen LogP contribution in [0.5, 0.6) is 0 Å². The molecule has 0 aliphatic heterocycles. The number of carbonyl (C=O) groups is 4. The van der Waals surface area contributed by atoms with Crippen molar-refractivity contribution in [3.05, 3.63) is 133 Å². The maximum atomic E-state index is 13.8. The van der Waals surface area contributed by atoms with Gasteiger partial charge in [0.2, 0.25) is 11.8 Å². The van der Waals surface area contributed by atoms with Crippen LogP contribution in [0, 0.1) is 11.8 Å². The molecule has 0 fully saturated rings. The minimum Gasteiger partial charge on any atom is -0.463 e. The molecule has 0 radical (unpaired) electrons. The molecular formula is C44H57N3O7. The number of aliphatic hydroxyl groups is 1. The predicted octanol–water partition coefficient (Wildman–Crippen LogP) is 6.93. The quantitative estimate of drug-likeness (QED) is 0.0462. The molecule has 0 bridgehead atoms.